The molecule has 0 radical (unpaired) electrons. The van der Waals surface area contributed by atoms with Gasteiger partial charge >= 0.3 is 16.1 Å². The van der Waals surface area contributed by atoms with Crippen molar-refractivity contribution in [1.82, 2.24) is 5.32 Å². The number of hydrogen-bond donors (Lipinski definition) is 4. The SMILES string of the molecule is CCC(C)(C)NC(=O)c1ccc(-c2ccccc2C(=O)Nc2ccc(C(=N)N)cc2)c(C(=O)OS(C)(=O)=O)c1. The van der Waals surface area contributed by atoms with E-state index in [-0.39, 0.29) is 28.1 Å². The van der Waals surface area contributed by atoms with Crippen molar-refractivity contribution >= 4 is 39.4 Å². The lowest BCUT2D eigenvalue weighted by atomic mass is 9.93. The number of benzene rings is 3. The Morgan fingerprint density at radius 2 is 1.49 bits per heavy atom. The van der Waals surface area contributed by atoms with E-state index in [1.165, 1.54) is 18.2 Å². The second kappa shape index (κ2) is 11.5. The molecule has 0 bridgehead atoms. The van der Waals surface area contributed by atoms with Gasteiger partial charge in [-0.2, -0.15) is 8.42 Å². The molecule has 0 aliphatic heterocycles. The Balaban J connectivity index is 2.07. The van der Waals surface area contributed by atoms with Gasteiger partial charge in [-0.05, 0) is 73.9 Å². The minimum absolute atomic E-state index is 0.109. The largest absolute Gasteiger partial charge is 0.384 e. The summed E-state index contributed by atoms with van der Waals surface area (Å²) in [4.78, 5) is 39.1. The third-order valence-electron chi connectivity index (χ3n) is 5.98. The highest BCUT2D eigenvalue weighted by Gasteiger charge is 2.25. The summed E-state index contributed by atoms with van der Waals surface area (Å²) in [6, 6.07) is 17.0. The number of anilines is 1. The van der Waals surface area contributed by atoms with Gasteiger partial charge in [0, 0.05) is 27.9 Å². The molecule has 0 aromatic heterocycles. The third kappa shape index (κ3) is 7.51. The van der Waals surface area contributed by atoms with Crippen LogP contribution < -0.4 is 16.4 Å². The number of carbonyl (C=O) groups is 3. The maximum atomic E-state index is 13.2. The Morgan fingerprint density at radius 1 is 0.897 bits per heavy atom. The summed E-state index contributed by atoms with van der Waals surface area (Å²) in [6.07, 6.45) is 1.39. The lowest BCUT2D eigenvalue weighted by Gasteiger charge is -2.24. The van der Waals surface area contributed by atoms with Crippen LogP contribution in [0.1, 0.15) is 63.8 Å². The molecule has 0 spiro atoms. The summed E-state index contributed by atoms with van der Waals surface area (Å²) in [6.45, 7) is 5.61. The highest BCUT2D eigenvalue weighted by molar-refractivity contribution is 7.86. The van der Waals surface area contributed by atoms with Crippen LogP contribution in [0.4, 0.5) is 5.69 Å². The van der Waals surface area contributed by atoms with Gasteiger partial charge in [0.1, 0.15) is 5.84 Å². The van der Waals surface area contributed by atoms with Crippen LogP contribution >= 0.6 is 0 Å². The van der Waals surface area contributed by atoms with E-state index in [2.05, 4.69) is 14.8 Å². The van der Waals surface area contributed by atoms with Gasteiger partial charge in [-0.3, -0.25) is 15.0 Å². The molecule has 10 nitrogen and oxygen atoms in total. The van der Waals surface area contributed by atoms with E-state index >= 15 is 0 Å². The minimum Gasteiger partial charge on any atom is -0.384 e. The van der Waals surface area contributed by atoms with Crippen LogP contribution in [0, 0.1) is 5.41 Å². The molecule has 3 rings (SSSR count). The lowest BCUT2D eigenvalue weighted by Crippen LogP contribution is -2.42. The molecule has 0 heterocycles. The first-order valence-corrected chi connectivity index (χ1v) is 13.8. The number of amides is 2. The second-order valence-corrected chi connectivity index (χ2v) is 11.1. The van der Waals surface area contributed by atoms with Crippen LogP contribution in [-0.4, -0.2) is 43.8 Å². The molecule has 3 aromatic carbocycles. The van der Waals surface area contributed by atoms with Crippen LogP contribution in [0.15, 0.2) is 66.7 Å². The average molecular weight is 551 g/mol. The molecule has 0 fully saturated rings. The van der Waals surface area contributed by atoms with Crippen LogP contribution in [0.25, 0.3) is 11.1 Å². The van der Waals surface area contributed by atoms with Gasteiger partial charge in [0.05, 0.1) is 11.8 Å². The van der Waals surface area contributed by atoms with Gasteiger partial charge in [-0.15, -0.1) is 0 Å². The number of carbonyl (C=O) groups excluding carboxylic acids is 3. The number of amidine groups is 1. The van der Waals surface area contributed by atoms with E-state index in [1.54, 1.807) is 48.5 Å². The number of nitrogen functional groups attached to an aromatic ring is 1. The zero-order valence-electron chi connectivity index (χ0n) is 22.0. The van der Waals surface area contributed by atoms with E-state index < -0.39 is 33.4 Å². The van der Waals surface area contributed by atoms with Crippen molar-refractivity contribution in [2.24, 2.45) is 5.73 Å². The zero-order valence-corrected chi connectivity index (χ0v) is 22.8. The van der Waals surface area contributed by atoms with Crippen molar-refractivity contribution in [2.75, 3.05) is 11.6 Å². The molecule has 0 atom stereocenters. The third-order valence-corrected chi connectivity index (χ3v) is 6.43. The van der Waals surface area contributed by atoms with Gasteiger partial charge in [0.15, 0.2) is 0 Å². The van der Waals surface area contributed by atoms with Crippen LogP contribution in [0.5, 0.6) is 0 Å². The summed E-state index contributed by atoms with van der Waals surface area (Å²) < 4.78 is 28.1. The summed E-state index contributed by atoms with van der Waals surface area (Å²) in [5.41, 5.74) is 6.52. The van der Waals surface area contributed by atoms with Gasteiger partial charge in [0.2, 0.25) is 0 Å². The molecule has 39 heavy (non-hydrogen) atoms. The molecule has 2 amide bonds. The predicted molar refractivity (Wildman–Crippen MR) is 149 cm³/mol. The van der Waals surface area contributed by atoms with Gasteiger partial charge in [0.25, 0.3) is 11.8 Å². The monoisotopic (exact) mass is 550 g/mol. The number of hydrogen-bond acceptors (Lipinski definition) is 7. The predicted octanol–water partition coefficient (Wildman–Crippen LogP) is 3.92. The summed E-state index contributed by atoms with van der Waals surface area (Å²) in [7, 11) is -4.17. The van der Waals surface area contributed by atoms with Crippen LogP contribution in [0.3, 0.4) is 0 Å². The Labute approximate surface area is 227 Å². The van der Waals surface area contributed by atoms with Gasteiger partial charge in [-0.25, -0.2) is 4.79 Å². The van der Waals surface area contributed by atoms with E-state index in [0.29, 0.717) is 23.2 Å². The van der Waals surface area contributed by atoms with Crippen molar-refractivity contribution in [1.29, 1.82) is 5.41 Å². The number of rotatable bonds is 9. The maximum absolute atomic E-state index is 13.2. The Hall–Kier alpha value is -4.51. The Kier molecular flexibility index (Phi) is 8.55. The standard InChI is InChI=1S/C28H30N4O6S/c1-5-28(2,3)32-25(33)18-12-15-21(23(16-18)27(35)38-39(4,36)37)20-8-6-7-9-22(20)26(34)31-19-13-10-17(11-14-19)24(29)30/h6-16H,5H2,1-4H3,(H3,29,30)(H,31,34)(H,32,33). The number of nitrogens with one attached hydrogen (secondary N) is 3. The highest BCUT2D eigenvalue weighted by Crippen LogP contribution is 2.30. The van der Waals surface area contributed by atoms with E-state index in [0.717, 1.165) is 6.26 Å². The van der Waals surface area contributed by atoms with E-state index in [4.69, 9.17) is 11.1 Å². The molecule has 3 aromatic rings. The van der Waals surface area contributed by atoms with Gasteiger partial charge in [-0.1, -0.05) is 31.2 Å². The van der Waals surface area contributed by atoms with E-state index in [1.807, 2.05) is 20.8 Å². The Morgan fingerprint density at radius 3 is 2.08 bits per heavy atom. The summed E-state index contributed by atoms with van der Waals surface area (Å²) in [5, 5.41) is 13.1. The Bertz CT molecular complexity index is 1550. The average Bonchev–Trinajstić information content (AvgIpc) is 2.87. The highest BCUT2D eigenvalue weighted by atomic mass is 32.2. The first kappa shape index (κ1) is 29.1. The summed E-state index contributed by atoms with van der Waals surface area (Å²) in [5.74, 6) is -2.26. The second-order valence-electron chi connectivity index (χ2n) is 9.52. The fraction of sp³-hybridized carbons (Fsp3) is 0.214. The van der Waals surface area contributed by atoms with Crippen LogP contribution in [-0.2, 0) is 14.3 Å². The maximum Gasteiger partial charge on any atom is 0.354 e. The quantitative estimate of drug-likeness (QED) is 0.178. The number of nitrogens with two attached hydrogens (primary N) is 1. The molecule has 0 saturated carbocycles. The smallest absolute Gasteiger partial charge is 0.354 e. The molecule has 0 aliphatic rings. The van der Waals surface area contributed by atoms with Gasteiger partial charge < -0.3 is 20.6 Å². The van der Waals surface area contributed by atoms with Crippen molar-refractivity contribution in [3.05, 3.63) is 89.0 Å². The summed E-state index contributed by atoms with van der Waals surface area (Å²) >= 11 is 0. The lowest BCUT2D eigenvalue weighted by molar-refractivity contribution is 0.0748. The molecule has 0 aliphatic carbocycles. The molecular weight excluding hydrogens is 520 g/mol. The first-order chi connectivity index (χ1) is 18.2. The topological polar surface area (TPSA) is 169 Å². The van der Waals surface area contributed by atoms with Crippen molar-refractivity contribution in [2.45, 2.75) is 32.7 Å². The molecule has 5 N–H and O–H groups in total. The zero-order chi connectivity index (χ0) is 29.0. The van der Waals surface area contributed by atoms with Crippen molar-refractivity contribution in [3.8, 4) is 11.1 Å². The molecule has 0 saturated heterocycles. The normalized spacial score (nSPS) is 11.4. The first-order valence-electron chi connectivity index (χ1n) is 12.0. The van der Waals surface area contributed by atoms with Crippen molar-refractivity contribution < 1.29 is 27.0 Å². The van der Waals surface area contributed by atoms with Crippen LogP contribution in [0.2, 0.25) is 0 Å². The minimum atomic E-state index is -4.17. The fourth-order valence-corrected chi connectivity index (χ4v) is 3.95. The molecule has 204 valence electrons. The fourth-order valence-electron chi connectivity index (χ4n) is 3.59. The molecule has 0 unspecified atom stereocenters. The molecule has 11 heteroatoms. The van der Waals surface area contributed by atoms with E-state index in [9.17, 15) is 22.8 Å². The molecular formula is C28H30N4O6S. The van der Waals surface area contributed by atoms with Crippen molar-refractivity contribution in [3.63, 3.8) is 0 Å².